The van der Waals surface area contributed by atoms with Crippen molar-refractivity contribution in [3.05, 3.63) is 51.3 Å². The van der Waals surface area contributed by atoms with Gasteiger partial charge < -0.3 is 15.0 Å². The number of ether oxygens (including phenoxy) is 1. The molecule has 1 aromatic carbocycles. The van der Waals surface area contributed by atoms with Gasteiger partial charge in [-0.3, -0.25) is 19.6 Å². The number of aromatic nitrogens is 2. The van der Waals surface area contributed by atoms with Gasteiger partial charge in [0.05, 0.1) is 30.4 Å². The van der Waals surface area contributed by atoms with E-state index in [1.54, 1.807) is 18.3 Å². The average molecular weight is 385 g/mol. The van der Waals surface area contributed by atoms with Gasteiger partial charge in [-0.05, 0) is 31.4 Å². The van der Waals surface area contributed by atoms with E-state index in [1.807, 2.05) is 16.6 Å². The normalized spacial score (nSPS) is 19.2. The summed E-state index contributed by atoms with van der Waals surface area (Å²) in [4.78, 5) is 25.9. The highest BCUT2D eigenvalue weighted by molar-refractivity contribution is 5.96. The van der Waals surface area contributed by atoms with E-state index in [9.17, 15) is 14.9 Å². The fourth-order valence-electron chi connectivity index (χ4n) is 3.98. The Labute approximate surface area is 162 Å². The van der Waals surface area contributed by atoms with Crippen molar-refractivity contribution in [1.82, 2.24) is 15.1 Å². The molecule has 1 atom stereocenters. The maximum absolute atomic E-state index is 12.8. The topological polar surface area (TPSA) is 103 Å². The minimum Gasteiger partial charge on any atom is -0.378 e. The van der Waals surface area contributed by atoms with Crippen LogP contribution in [-0.2, 0) is 18.2 Å². The number of fused-ring (bicyclic) bond motifs is 1. The fourth-order valence-corrected chi connectivity index (χ4v) is 3.98. The number of hydrogen-bond acceptors (Lipinski definition) is 6. The zero-order valence-corrected chi connectivity index (χ0v) is 15.8. The number of aryl methyl sites for hydroxylation is 1. The molecule has 0 radical (unpaired) electrons. The summed E-state index contributed by atoms with van der Waals surface area (Å²) in [5.74, 6) is -0.307. The highest BCUT2D eigenvalue weighted by atomic mass is 16.6. The number of morpholine rings is 1. The van der Waals surface area contributed by atoms with Crippen LogP contribution in [0.4, 0.5) is 11.4 Å². The molecule has 4 rings (SSSR count). The lowest BCUT2D eigenvalue weighted by Gasteiger charge is -2.28. The number of nitro benzene ring substituents is 1. The lowest BCUT2D eigenvalue weighted by molar-refractivity contribution is -0.384. The Morgan fingerprint density at radius 1 is 1.36 bits per heavy atom. The zero-order chi connectivity index (χ0) is 19.7. The van der Waals surface area contributed by atoms with Gasteiger partial charge in [0.15, 0.2) is 0 Å². The SMILES string of the molecule is Cn1ncc2c1CCC[C@H]2NC(=O)c1ccc(N2CCOCC2)c([N+](=O)[O-])c1. The molecule has 1 aromatic heterocycles. The first-order valence-corrected chi connectivity index (χ1v) is 9.47. The zero-order valence-electron chi connectivity index (χ0n) is 15.8. The molecular formula is C19H23N5O4. The number of carbonyl (C=O) groups is 1. The van der Waals surface area contributed by atoms with Crippen molar-refractivity contribution in [2.45, 2.75) is 25.3 Å². The third-order valence-corrected chi connectivity index (χ3v) is 5.47. The molecule has 2 heterocycles. The number of hydrogen-bond donors (Lipinski definition) is 1. The predicted octanol–water partition coefficient (Wildman–Crippen LogP) is 1.97. The van der Waals surface area contributed by atoms with Crippen LogP contribution in [0.15, 0.2) is 24.4 Å². The molecule has 1 amide bonds. The average Bonchev–Trinajstić information content (AvgIpc) is 3.10. The van der Waals surface area contributed by atoms with Gasteiger partial charge in [0.2, 0.25) is 0 Å². The van der Waals surface area contributed by atoms with E-state index < -0.39 is 4.92 Å². The van der Waals surface area contributed by atoms with Crippen molar-refractivity contribution in [3.8, 4) is 0 Å². The van der Waals surface area contributed by atoms with Crippen molar-refractivity contribution < 1.29 is 14.5 Å². The number of rotatable bonds is 4. The third kappa shape index (κ3) is 3.45. The molecule has 0 bridgehead atoms. The summed E-state index contributed by atoms with van der Waals surface area (Å²) in [5.41, 5.74) is 2.92. The summed E-state index contributed by atoms with van der Waals surface area (Å²) in [7, 11) is 1.90. The largest absolute Gasteiger partial charge is 0.378 e. The molecule has 28 heavy (non-hydrogen) atoms. The van der Waals surface area contributed by atoms with E-state index in [0.717, 1.165) is 30.5 Å². The number of amides is 1. The van der Waals surface area contributed by atoms with Gasteiger partial charge in [-0.2, -0.15) is 5.10 Å². The second-order valence-corrected chi connectivity index (χ2v) is 7.15. The molecule has 0 unspecified atom stereocenters. The van der Waals surface area contributed by atoms with Crippen LogP contribution in [0.2, 0.25) is 0 Å². The van der Waals surface area contributed by atoms with Gasteiger partial charge in [0.25, 0.3) is 11.6 Å². The Morgan fingerprint density at radius 3 is 2.89 bits per heavy atom. The lowest BCUT2D eigenvalue weighted by Crippen LogP contribution is -2.36. The summed E-state index contributed by atoms with van der Waals surface area (Å²) in [6, 6.07) is 4.56. The van der Waals surface area contributed by atoms with E-state index in [1.165, 1.54) is 6.07 Å². The van der Waals surface area contributed by atoms with E-state index in [2.05, 4.69) is 10.4 Å². The number of anilines is 1. The highest BCUT2D eigenvalue weighted by Gasteiger charge is 2.27. The van der Waals surface area contributed by atoms with Gasteiger partial charge in [-0.1, -0.05) is 0 Å². The molecule has 148 valence electrons. The second kappa shape index (κ2) is 7.59. The first-order valence-electron chi connectivity index (χ1n) is 9.47. The van der Waals surface area contributed by atoms with E-state index >= 15 is 0 Å². The van der Waals surface area contributed by atoms with Crippen LogP contribution in [0.5, 0.6) is 0 Å². The molecule has 1 aliphatic carbocycles. The number of nitro groups is 1. The minimum atomic E-state index is -0.429. The third-order valence-electron chi connectivity index (χ3n) is 5.47. The van der Waals surface area contributed by atoms with Crippen molar-refractivity contribution >= 4 is 17.3 Å². The quantitative estimate of drug-likeness (QED) is 0.638. The smallest absolute Gasteiger partial charge is 0.293 e. The maximum Gasteiger partial charge on any atom is 0.293 e. The second-order valence-electron chi connectivity index (χ2n) is 7.15. The van der Waals surface area contributed by atoms with Gasteiger partial charge in [-0.15, -0.1) is 0 Å². The van der Waals surface area contributed by atoms with Gasteiger partial charge in [0, 0.05) is 43.0 Å². The maximum atomic E-state index is 12.8. The molecular weight excluding hydrogens is 362 g/mol. The van der Waals surface area contributed by atoms with Crippen molar-refractivity contribution in [2.24, 2.45) is 7.05 Å². The Hall–Kier alpha value is -2.94. The van der Waals surface area contributed by atoms with Crippen molar-refractivity contribution in [3.63, 3.8) is 0 Å². The van der Waals surface area contributed by atoms with Crippen LogP contribution in [0.1, 0.15) is 40.5 Å². The van der Waals surface area contributed by atoms with E-state index in [4.69, 9.17) is 4.74 Å². The van der Waals surface area contributed by atoms with Crippen LogP contribution in [-0.4, -0.2) is 46.9 Å². The fraction of sp³-hybridized carbons (Fsp3) is 0.474. The molecule has 2 aromatic rings. The molecule has 0 saturated carbocycles. The van der Waals surface area contributed by atoms with Crippen LogP contribution in [0.3, 0.4) is 0 Å². The molecule has 1 aliphatic heterocycles. The number of nitrogens with one attached hydrogen (secondary N) is 1. The molecule has 9 heteroatoms. The predicted molar refractivity (Wildman–Crippen MR) is 102 cm³/mol. The number of nitrogens with zero attached hydrogens (tertiary/aromatic N) is 4. The van der Waals surface area contributed by atoms with Crippen molar-refractivity contribution in [1.29, 1.82) is 0 Å². The van der Waals surface area contributed by atoms with E-state index in [-0.39, 0.29) is 17.6 Å². The molecule has 9 nitrogen and oxygen atoms in total. The first kappa shape index (κ1) is 18.4. The summed E-state index contributed by atoms with van der Waals surface area (Å²) in [5, 5.41) is 18.9. The number of carbonyl (C=O) groups excluding carboxylic acids is 1. The summed E-state index contributed by atoms with van der Waals surface area (Å²) in [6.07, 6.45) is 4.54. The summed E-state index contributed by atoms with van der Waals surface area (Å²) >= 11 is 0. The molecule has 1 fully saturated rings. The van der Waals surface area contributed by atoms with Gasteiger partial charge in [-0.25, -0.2) is 0 Å². The minimum absolute atomic E-state index is 0.0553. The Kier molecular flexibility index (Phi) is 4.99. The highest BCUT2D eigenvalue weighted by Crippen LogP contribution is 2.32. The van der Waals surface area contributed by atoms with Crippen LogP contribution in [0.25, 0.3) is 0 Å². The Morgan fingerprint density at radius 2 is 2.14 bits per heavy atom. The first-order chi connectivity index (χ1) is 13.5. The number of benzene rings is 1. The molecule has 1 saturated heterocycles. The van der Waals surface area contributed by atoms with Crippen LogP contribution >= 0.6 is 0 Å². The van der Waals surface area contributed by atoms with Gasteiger partial charge >= 0.3 is 0 Å². The molecule has 0 spiro atoms. The van der Waals surface area contributed by atoms with Gasteiger partial charge in [0.1, 0.15) is 5.69 Å². The Balaban J connectivity index is 1.56. The Bertz CT molecular complexity index is 904. The van der Waals surface area contributed by atoms with E-state index in [0.29, 0.717) is 37.6 Å². The molecule has 1 N–H and O–H groups in total. The molecule has 2 aliphatic rings. The monoisotopic (exact) mass is 385 g/mol. The standard InChI is InChI=1S/C19H23N5O4/c1-22-16-4-2-3-15(14(16)12-20-22)21-19(25)13-5-6-17(18(11-13)24(26)27)23-7-9-28-10-8-23/h5-6,11-12,15H,2-4,7-10H2,1H3,(H,21,25)/t15-/m1/s1. The van der Waals surface area contributed by atoms with Crippen LogP contribution < -0.4 is 10.2 Å². The summed E-state index contributed by atoms with van der Waals surface area (Å²) in [6.45, 7) is 2.26. The van der Waals surface area contributed by atoms with Crippen LogP contribution in [0, 0.1) is 10.1 Å². The summed E-state index contributed by atoms with van der Waals surface area (Å²) < 4.78 is 7.16. The van der Waals surface area contributed by atoms with Crippen molar-refractivity contribution in [2.75, 3.05) is 31.2 Å². The lowest BCUT2D eigenvalue weighted by atomic mass is 9.92.